The van der Waals surface area contributed by atoms with Crippen LogP contribution in [-0.2, 0) is 11.3 Å². The summed E-state index contributed by atoms with van der Waals surface area (Å²) in [6, 6.07) is 4.67. The molecule has 2 fully saturated rings. The van der Waals surface area contributed by atoms with Gasteiger partial charge in [0.25, 0.3) is 0 Å². The lowest BCUT2D eigenvalue weighted by molar-refractivity contribution is -0.138. The molecule has 2 aliphatic rings. The monoisotopic (exact) mass is 264 g/mol. The van der Waals surface area contributed by atoms with Gasteiger partial charge in [-0.25, -0.2) is 0 Å². The van der Waals surface area contributed by atoms with Crippen LogP contribution in [0.5, 0.6) is 0 Å². The highest BCUT2D eigenvalue weighted by Gasteiger charge is 2.43. The van der Waals surface area contributed by atoms with Crippen molar-refractivity contribution in [3.63, 3.8) is 0 Å². The van der Waals surface area contributed by atoms with Crippen molar-refractivity contribution in [2.75, 3.05) is 6.54 Å². The molecule has 1 saturated heterocycles. The molecule has 4 heteroatoms. The lowest BCUT2D eigenvalue weighted by atomic mass is 9.98. The standard InChI is InChI=1S/C14H20N2OS/c1-14(7-3-8-15-14)13(17)16(11-5-6-11)10-12-4-2-9-18-12/h2,4,9,11,15H,3,5-8,10H2,1H3. The van der Waals surface area contributed by atoms with Crippen LogP contribution in [0.25, 0.3) is 0 Å². The highest BCUT2D eigenvalue weighted by atomic mass is 32.1. The van der Waals surface area contributed by atoms with E-state index in [1.54, 1.807) is 11.3 Å². The van der Waals surface area contributed by atoms with Crippen LogP contribution in [0.4, 0.5) is 0 Å². The molecule has 1 aromatic rings. The second-order valence-electron chi connectivity index (χ2n) is 5.61. The van der Waals surface area contributed by atoms with Crippen LogP contribution in [0.2, 0.25) is 0 Å². The number of carbonyl (C=O) groups is 1. The molecule has 3 rings (SSSR count). The molecule has 1 atom stereocenters. The van der Waals surface area contributed by atoms with E-state index in [2.05, 4.69) is 34.7 Å². The van der Waals surface area contributed by atoms with Crippen LogP contribution in [0, 0.1) is 0 Å². The molecule has 1 saturated carbocycles. The zero-order chi connectivity index (χ0) is 12.6. The molecule has 0 spiro atoms. The Hall–Kier alpha value is -0.870. The Labute approximate surface area is 112 Å². The second-order valence-corrected chi connectivity index (χ2v) is 6.64. The van der Waals surface area contributed by atoms with Gasteiger partial charge >= 0.3 is 0 Å². The molecule has 3 nitrogen and oxygen atoms in total. The molecule has 0 aromatic carbocycles. The first kappa shape index (κ1) is 12.2. The third kappa shape index (κ3) is 2.31. The molecule has 1 aromatic heterocycles. The largest absolute Gasteiger partial charge is 0.333 e. The molecule has 0 radical (unpaired) electrons. The summed E-state index contributed by atoms with van der Waals surface area (Å²) in [6.45, 7) is 3.82. The van der Waals surface area contributed by atoms with Gasteiger partial charge < -0.3 is 10.2 Å². The third-order valence-corrected chi connectivity index (χ3v) is 4.86. The molecule has 0 bridgehead atoms. The topological polar surface area (TPSA) is 32.3 Å². The van der Waals surface area contributed by atoms with Crippen LogP contribution in [0.1, 0.15) is 37.5 Å². The summed E-state index contributed by atoms with van der Waals surface area (Å²) in [4.78, 5) is 16.1. The first-order valence-corrected chi connectivity index (χ1v) is 7.65. The Morgan fingerprint density at radius 1 is 1.61 bits per heavy atom. The molecular weight excluding hydrogens is 244 g/mol. The SMILES string of the molecule is CC1(C(=O)N(Cc2cccs2)C2CC2)CCCN1. The summed E-state index contributed by atoms with van der Waals surface area (Å²) in [6.07, 6.45) is 4.43. The first-order valence-electron chi connectivity index (χ1n) is 6.77. The number of thiophene rings is 1. The van der Waals surface area contributed by atoms with Crippen LogP contribution in [-0.4, -0.2) is 28.9 Å². The summed E-state index contributed by atoms with van der Waals surface area (Å²) in [5.74, 6) is 0.302. The van der Waals surface area contributed by atoms with Gasteiger partial charge in [-0.05, 0) is 50.6 Å². The Morgan fingerprint density at radius 2 is 2.44 bits per heavy atom. The van der Waals surface area contributed by atoms with Crippen molar-refractivity contribution in [3.05, 3.63) is 22.4 Å². The molecule has 1 amide bonds. The average Bonchev–Trinajstić information content (AvgIpc) is 2.89. The van der Waals surface area contributed by atoms with Gasteiger partial charge in [-0.2, -0.15) is 0 Å². The van der Waals surface area contributed by atoms with E-state index in [1.807, 2.05) is 0 Å². The number of hydrogen-bond acceptors (Lipinski definition) is 3. The van der Waals surface area contributed by atoms with Gasteiger partial charge in [0.1, 0.15) is 0 Å². The Bertz CT molecular complexity index is 419. The van der Waals surface area contributed by atoms with E-state index in [0.717, 1.165) is 25.9 Å². The average molecular weight is 264 g/mol. The van der Waals surface area contributed by atoms with Crippen LogP contribution < -0.4 is 5.32 Å². The van der Waals surface area contributed by atoms with E-state index in [1.165, 1.54) is 17.7 Å². The van der Waals surface area contributed by atoms with E-state index >= 15 is 0 Å². The Balaban J connectivity index is 1.75. The van der Waals surface area contributed by atoms with Gasteiger partial charge in [0.15, 0.2) is 0 Å². The number of rotatable bonds is 4. The summed E-state index contributed by atoms with van der Waals surface area (Å²) in [5, 5.41) is 5.47. The lowest BCUT2D eigenvalue weighted by Gasteiger charge is -2.32. The smallest absolute Gasteiger partial charge is 0.243 e. The van der Waals surface area contributed by atoms with E-state index in [-0.39, 0.29) is 5.54 Å². The zero-order valence-electron chi connectivity index (χ0n) is 10.8. The minimum Gasteiger partial charge on any atom is -0.333 e. The maximum atomic E-state index is 12.7. The van der Waals surface area contributed by atoms with Gasteiger partial charge in [-0.15, -0.1) is 11.3 Å². The second kappa shape index (κ2) is 4.67. The fourth-order valence-corrected chi connectivity index (χ4v) is 3.42. The van der Waals surface area contributed by atoms with E-state index < -0.39 is 0 Å². The predicted octanol–water partition coefficient (Wildman–Crippen LogP) is 2.38. The molecule has 18 heavy (non-hydrogen) atoms. The molecular formula is C14H20N2OS. The van der Waals surface area contributed by atoms with Crippen molar-refractivity contribution in [2.24, 2.45) is 0 Å². The summed E-state index contributed by atoms with van der Waals surface area (Å²) >= 11 is 1.74. The van der Waals surface area contributed by atoms with E-state index in [4.69, 9.17) is 0 Å². The minimum absolute atomic E-state index is 0.302. The Morgan fingerprint density at radius 3 is 3.00 bits per heavy atom. The summed E-state index contributed by atoms with van der Waals surface area (Å²) in [5.41, 5.74) is -0.320. The van der Waals surface area contributed by atoms with Gasteiger partial charge in [-0.1, -0.05) is 6.07 Å². The van der Waals surface area contributed by atoms with Gasteiger partial charge in [-0.3, -0.25) is 4.79 Å². The van der Waals surface area contributed by atoms with Crippen LogP contribution >= 0.6 is 11.3 Å². The molecule has 1 aliphatic heterocycles. The summed E-state index contributed by atoms with van der Waals surface area (Å²) in [7, 11) is 0. The van der Waals surface area contributed by atoms with E-state index in [0.29, 0.717) is 11.9 Å². The molecule has 2 heterocycles. The fourth-order valence-electron chi connectivity index (χ4n) is 2.72. The number of hydrogen-bond donors (Lipinski definition) is 1. The normalized spacial score (nSPS) is 27.4. The molecule has 1 N–H and O–H groups in total. The maximum Gasteiger partial charge on any atom is 0.243 e. The van der Waals surface area contributed by atoms with Gasteiger partial charge in [0, 0.05) is 10.9 Å². The van der Waals surface area contributed by atoms with Crippen molar-refractivity contribution in [2.45, 2.75) is 50.7 Å². The molecule has 1 unspecified atom stereocenters. The summed E-state index contributed by atoms with van der Waals surface area (Å²) < 4.78 is 0. The number of amides is 1. The minimum atomic E-state index is -0.320. The van der Waals surface area contributed by atoms with Crippen molar-refractivity contribution in [3.8, 4) is 0 Å². The maximum absolute atomic E-state index is 12.7. The van der Waals surface area contributed by atoms with E-state index in [9.17, 15) is 4.79 Å². The lowest BCUT2D eigenvalue weighted by Crippen LogP contribution is -2.53. The molecule has 1 aliphatic carbocycles. The Kier molecular flexibility index (Phi) is 3.16. The van der Waals surface area contributed by atoms with Gasteiger partial charge in [0.05, 0.1) is 12.1 Å². The number of nitrogens with zero attached hydrogens (tertiary/aromatic N) is 1. The van der Waals surface area contributed by atoms with Crippen molar-refractivity contribution in [1.82, 2.24) is 10.2 Å². The van der Waals surface area contributed by atoms with Crippen LogP contribution in [0.3, 0.4) is 0 Å². The van der Waals surface area contributed by atoms with Crippen molar-refractivity contribution in [1.29, 1.82) is 0 Å². The highest BCUT2D eigenvalue weighted by Crippen LogP contribution is 2.33. The molecule has 98 valence electrons. The first-order chi connectivity index (χ1) is 8.69. The van der Waals surface area contributed by atoms with Crippen LogP contribution in [0.15, 0.2) is 17.5 Å². The predicted molar refractivity (Wildman–Crippen MR) is 73.5 cm³/mol. The quantitative estimate of drug-likeness (QED) is 0.905. The van der Waals surface area contributed by atoms with Gasteiger partial charge in [0.2, 0.25) is 5.91 Å². The number of nitrogens with one attached hydrogen (secondary N) is 1. The number of carbonyl (C=O) groups excluding carboxylic acids is 1. The third-order valence-electron chi connectivity index (χ3n) is 4.00. The zero-order valence-corrected chi connectivity index (χ0v) is 11.6. The fraction of sp³-hybridized carbons (Fsp3) is 0.643. The van der Waals surface area contributed by atoms with Crippen molar-refractivity contribution < 1.29 is 4.79 Å². The van der Waals surface area contributed by atoms with Crippen molar-refractivity contribution >= 4 is 17.2 Å². The highest BCUT2D eigenvalue weighted by molar-refractivity contribution is 7.09.